The Morgan fingerprint density at radius 2 is 1.83 bits per heavy atom. The van der Waals surface area contributed by atoms with Crippen molar-refractivity contribution in [2.45, 2.75) is 22.8 Å². The first-order valence-electron chi connectivity index (χ1n) is 7.47. The van der Waals surface area contributed by atoms with Crippen LogP contribution < -0.4 is 5.32 Å². The Balaban J connectivity index is 1.63. The standard InChI is InChI=1S/C18H20ClNOS2/c1-14(23-17-9-7-16(19)8-10-17)18(21)20-11-12-22-13-15-5-3-2-4-6-15/h2-10,14H,11-13H2,1H3,(H,20,21)/t14-/m0/s1. The van der Waals surface area contributed by atoms with Crippen LogP contribution >= 0.6 is 35.1 Å². The average molecular weight is 366 g/mol. The zero-order valence-electron chi connectivity index (χ0n) is 13.0. The molecule has 0 aliphatic heterocycles. The third kappa shape index (κ3) is 6.90. The van der Waals surface area contributed by atoms with Gasteiger partial charge in [0.05, 0.1) is 5.25 Å². The molecule has 2 rings (SSSR count). The Hall–Kier alpha value is -1.10. The predicted molar refractivity (Wildman–Crippen MR) is 102 cm³/mol. The van der Waals surface area contributed by atoms with Crippen LogP contribution in [0.15, 0.2) is 59.5 Å². The third-order valence-corrected chi connectivity index (χ3v) is 5.55. The Morgan fingerprint density at radius 1 is 1.13 bits per heavy atom. The fourth-order valence-corrected chi connectivity index (χ4v) is 3.76. The lowest BCUT2D eigenvalue weighted by molar-refractivity contribution is -0.120. The highest BCUT2D eigenvalue weighted by atomic mass is 35.5. The van der Waals surface area contributed by atoms with E-state index in [1.165, 1.54) is 5.56 Å². The third-order valence-electron chi connectivity index (χ3n) is 3.15. The summed E-state index contributed by atoms with van der Waals surface area (Å²) >= 11 is 9.24. The molecule has 0 bridgehead atoms. The van der Waals surface area contributed by atoms with Gasteiger partial charge in [0.2, 0.25) is 5.91 Å². The van der Waals surface area contributed by atoms with Gasteiger partial charge >= 0.3 is 0 Å². The zero-order chi connectivity index (χ0) is 16.5. The quantitative estimate of drug-likeness (QED) is 0.534. The molecule has 0 fully saturated rings. The van der Waals surface area contributed by atoms with Crippen molar-refractivity contribution < 1.29 is 4.79 Å². The molecular formula is C18H20ClNOS2. The van der Waals surface area contributed by atoms with Crippen molar-refractivity contribution in [3.8, 4) is 0 Å². The first-order chi connectivity index (χ1) is 11.1. The highest BCUT2D eigenvalue weighted by molar-refractivity contribution is 8.00. The van der Waals surface area contributed by atoms with Gasteiger partial charge in [0.15, 0.2) is 0 Å². The van der Waals surface area contributed by atoms with E-state index in [1.807, 2.05) is 61.2 Å². The maximum absolute atomic E-state index is 12.1. The van der Waals surface area contributed by atoms with E-state index in [9.17, 15) is 4.79 Å². The van der Waals surface area contributed by atoms with Gasteiger partial charge in [-0.3, -0.25) is 4.79 Å². The lowest BCUT2D eigenvalue weighted by Gasteiger charge is -2.12. The summed E-state index contributed by atoms with van der Waals surface area (Å²) in [7, 11) is 0. The molecule has 122 valence electrons. The number of nitrogens with one attached hydrogen (secondary N) is 1. The summed E-state index contributed by atoms with van der Waals surface area (Å²) in [6.07, 6.45) is 0. The van der Waals surface area contributed by atoms with Crippen molar-refractivity contribution in [2.75, 3.05) is 12.3 Å². The van der Waals surface area contributed by atoms with E-state index in [4.69, 9.17) is 11.6 Å². The highest BCUT2D eigenvalue weighted by Gasteiger charge is 2.13. The number of halogens is 1. The molecule has 23 heavy (non-hydrogen) atoms. The molecule has 2 aromatic carbocycles. The number of hydrogen-bond acceptors (Lipinski definition) is 3. The van der Waals surface area contributed by atoms with Crippen molar-refractivity contribution in [1.82, 2.24) is 5.32 Å². The molecule has 0 unspecified atom stereocenters. The van der Waals surface area contributed by atoms with E-state index in [2.05, 4.69) is 17.4 Å². The molecule has 1 N–H and O–H groups in total. The number of hydrogen-bond donors (Lipinski definition) is 1. The zero-order valence-corrected chi connectivity index (χ0v) is 15.4. The number of carbonyl (C=O) groups excluding carboxylic acids is 1. The van der Waals surface area contributed by atoms with Gasteiger partial charge in [0.1, 0.15) is 0 Å². The van der Waals surface area contributed by atoms with Gasteiger partial charge < -0.3 is 5.32 Å². The van der Waals surface area contributed by atoms with Crippen LogP contribution in [0.2, 0.25) is 5.02 Å². The highest BCUT2D eigenvalue weighted by Crippen LogP contribution is 2.24. The minimum absolute atomic E-state index is 0.0743. The van der Waals surface area contributed by atoms with Crippen LogP contribution in [-0.4, -0.2) is 23.5 Å². The Bertz CT molecular complexity index is 604. The average Bonchev–Trinajstić information content (AvgIpc) is 2.57. The predicted octanol–water partition coefficient (Wildman–Crippen LogP) is 4.87. The molecule has 0 aromatic heterocycles. The van der Waals surface area contributed by atoms with Crippen molar-refractivity contribution >= 4 is 41.0 Å². The molecule has 0 aliphatic carbocycles. The minimum Gasteiger partial charge on any atom is -0.354 e. The van der Waals surface area contributed by atoms with Crippen molar-refractivity contribution in [2.24, 2.45) is 0 Å². The van der Waals surface area contributed by atoms with E-state index in [-0.39, 0.29) is 11.2 Å². The monoisotopic (exact) mass is 365 g/mol. The van der Waals surface area contributed by atoms with Gasteiger partial charge in [-0.15, -0.1) is 11.8 Å². The number of carbonyl (C=O) groups is 1. The van der Waals surface area contributed by atoms with Gasteiger partial charge in [0.25, 0.3) is 0 Å². The molecule has 5 heteroatoms. The summed E-state index contributed by atoms with van der Waals surface area (Å²) in [6, 6.07) is 17.9. The molecule has 1 amide bonds. The molecule has 0 saturated carbocycles. The number of rotatable bonds is 8. The van der Waals surface area contributed by atoms with E-state index >= 15 is 0 Å². The van der Waals surface area contributed by atoms with Crippen LogP contribution in [-0.2, 0) is 10.5 Å². The molecule has 0 heterocycles. The van der Waals surface area contributed by atoms with E-state index in [1.54, 1.807) is 11.8 Å². The largest absolute Gasteiger partial charge is 0.354 e. The SMILES string of the molecule is C[C@H](Sc1ccc(Cl)cc1)C(=O)NCCSCc1ccccc1. The Labute approximate surface area is 151 Å². The summed E-state index contributed by atoms with van der Waals surface area (Å²) in [5.74, 6) is 1.97. The van der Waals surface area contributed by atoms with Crippen LogP contribution in [0.3, 0.4) is 0 Å². The number of thioether (sulfide) groups is 2. The second-order valence-electron chi connectivity index (χ2n) is 5.04. The van der Waals surface area contributed by atoms with Crippen LogP contribution in [0.1, 0.15) is 12.5 Å². The number of benzene rings is 2. The molecule has 2 aromatic rings. The summed E-state index contributed by atoms with van der Waals surface area (Å²) < 4.78 is 0. The lowest BCUT2D eigenvalue weighted by atomic mass is 10.2. The minimum atomic E-state index is -0.115. The smallest absolute Gasteiger partial charge is 0.233 e. The first-order valence-corrected chi connectivity index (χ1v) is 9.88. The van der Waals surface area contributed by atoms with Gasteiger partial charge in [-0.2, -0.15) is 11.8 Å². The summed E-state index contributed by atoms with van der Waals surface area (Å²) in [4.78, 5) is 13.1. The first kappa shape index (κ1) is 18.2. The van der Waals surface area contributed by atoms with E-state index in [0.717, 1.165) is 16.4 Å². The Kier molecular flexibility index (Phi) is 7.86. The summed E-state index contributed by atoms with van der Waals surface area (Å²) in [6.45, 7) is 2.62. The van der Waals surface area contributed by atoms with Gasteiger partial charge in [0, 0.05) is 28.0 Å². The topological polar surface area (TPSA) is 29.1 Å². The molecular weight excluding hydrogens is 346 g/mol. The van der Waals surface area contributed by atoms with Crippen molar-refractivity contribution in [3.63, 3.8) is 0 Å². The molecule has 1 atom stereocenters. The van der Waals surface area contributed by atoms with Crippen molar-refractivity contribution in [1.29, 1.82) is 0 Å². The molecule has 0 saturated heterocycles. The second kappa shape index (κ2) is 9.91. The molecule has 0 aliphatic rings. The van der Waals surface area contributed by atoms with E-state index in [0.29, 0.717) is 11.6 Å². The molecule has 0 radical (unpaired) electrons. The Morgan fingerprint density at radius 3 is 2.52 bits per heavy atom. The molecule has 2 nitrogen and oxygen atoms in total. The number of amides is 1. The van der Waals surface area contributed by atoms with Crippen LogP contribution in [0, 0.1) is 0 Å². The fraction of sp³-hybridized carbons (Fsp3) is 0.278. The summed E-state index contributed by atoms with van der Waals surface area (Å²) in [5.41, 5.74) is 1.32. The van der Waals surface area contributed by atoms with Crippen LogP contribution in [0.4, 0.5) is 0 Å². The van der Waals surface area contributed by atoms with E-state index < -0.39 is 0 Å². The van der Waals surface area contributed by atoms with Gasteiger partial charge in [-0.25, -0.2) is 0 Å². The normalized spacial score (nSPS) is 11.9. The maximum atomic E-state index is 12.1. The van der Waals surface area contributed by atoms with Crippen molar-refractivity contribution in [3.05, 3.63) is 65.2 Å². The van der Waals surface area contributed by atoms with Gasteiger partial charge in [-0.05, 0) is 36.8 Å². The second-order valence-corrected chi connectivity index (χ2v) is 8.00. The summed E-state index contributed by atoms with van der Waals surface area (Å²) in [5, 5.41) is 3.59. The lowest BCUT2D eigenvalue weighted by Crippen LogP contribution is -2.32. The fourth-order valence-electron chi connectivity index (χ4n) is 1.93. The van der Waals surface area contributed by atoms with Gasteiger partial charge in [-0.1, -0.05) is 41.9 Å². The van der Waals surface area contributed by atoms with Crippen LogP contribution in [0.25, 0.3) is 0 Å². The van der Waals surface area contributed by atoms with Crippen LogP contribution in [0.5, 0.6) is 0 Å². The maximum Gasteiger partial charge on any atom is 0.233 e. The molecule has 0 spiro atoms.